The van der Waals surface area contributed by atoms with Crippen molar-refractivity contribution in [3.8, 4) is 0 Å². The first kappa shape index (κ1) is 12.8. The van der Waals surface area contributed by atoms with E-state index in [9.17, 15) is 14.7 Å². The number of amides is 1. The Bertz CT molecular complexity index is 592. The molecule has 1 amide bonds. The van der Waals surface area contributed by atoms with Crippen molar-refractivity contribution < 1.29 is 14.7 Å². The molecule has 1 aromatic heterocycles. The fourth-order valence-electron chi connectivity index (χ4n) is 1.68. The molecule has 98 valence electrons. The summed E-state index contributed by atoms with van der Waals surface area (Å²) < 4.78 is 1.49. The van der Waals surface area contributed by atoms with Gasteiger partial charge in [0.25, 0.3) is 5.91 Å². The van der Waals surface area contributed by atoms with E-state index in [1.54, 1.807) is 43.6 Å². The Balaban J connectivity index is 2.18. The van der Waals surface area contributed by atoms with Crippen LogP contribution in [0.15, 0.2) is 42.7 Å². The van der Waals surface area contributed by atoms with Gasteiger partial charge >= 0.3 is 5.97 Å². The Hall–Kier alpha value is -2.63. The number of hydrogen-bond acceptors (Lipinski definition) is 3. The van der Waals surface area contributed by atoms with E-state index in [-0.39, 0.29) is 0 Å². The van der Waals surface area contributed by atoms with Gasteiger partial charge in [-0.1, -0.05) is 18.2 Å². The van der Waals surface area contributed by atoms with Gasteiger partial charge in [-0.15, -0.1) is 0 Å². The Morgan fingerprint density at radius 2 is 2.00 bits per heavy atom. The molecular formula is C13H13N3O3. The second-order valence-electron chi connectivity index (χ2n) is 4.06. The lowest BCUT2D eigenvalue weighted by atomic mass is 10.1. The summed E-state index contributed by atoms with van der Waals surface area (Å²) >= 11 is 0. The van der Waals surface area contributed by atoms with Crippen molar-refractivity contribution in [1.29, 1.82) is 0 Å². The number of hydrogen-bond donors (Lipinski definition) is 2. The number of carboxylic acids is 1. The molecule has 6 heteroatoms. The molecule has 6 nitrogen and oxygen atoms in total. The molecule has 0 aliphatic rings. The molecule has 2 rings (SSSR count). The lowest BCUT2D eigenvalue weighted by Gasteiger charge is -2.12. The number of aliphatic carboxylic acids is 1. The highest BCUT2D eigenvalue weighted by atomic mass is 16.4. The molecule has 2 N–H and O–H groups in total. The summed E-state index contributed by atoms with van der Waals surface area (Å²) in [4.78, 5) is 23.2. The van der Waals surface area contributed by atoms with Crippen molar-refractivity contribution in [3.63, 3.8) is 0 Å². The van der Waals surface area contributed by atoms with E-state index in [2.05, 4.69) is 10.4 Å². The molecule has 0 radical (unpaired) electrons. The molecule has 19 heavy (non-hydrogen) atoms. The van der Waals surface area contributed by atoms with Crippen LogP contribution in [-0.2, 0) is 11.8 Å². The Morgan fingerprint density at radius 1 is 1.32 bits per heavy atom. The molecule has 1 aromatic carbocycles. The topological polar surface area (TPSA) is 84.2 Å². The Labute approximate surface area is 109 Å². The molecule has 0 saturated heterocycles. The van der Waals surface area contributed by atoms with E-state index >= 15 is 0 Å². The third kappa shape index (κ3) is 2.98. The van der Waals surface area contributed by atoms with Gasteiger partial charge in [0, 0.05) is 24.4 Å². The quantitative estimate of drug-likeness (QED) is 0.857. The maximum Gasteiger partial charge on any atom is 0.331 e. The van der Waals surface area contributed by atoms with Crippen molar-refractivity contribution >= 4 is 11.9 Å². The van der Waals surface area contributed by atoms with Gasteiger partial charge in [-0.3, -0.25) is 9.48 Å². The fraction of sp³-hybridized carbons (Fsp3) is 0.154. The van der Waals surface area contributed by atoms with Gasteiger partial charge in [0.05, 0.1) is 6.20 Å². The predicted molar refractivity (Wildman–Crippen MR) is 67.5 cm³/mol. The lowest BCUT2D eigenvalue weighted by molar-refractivity contribution is -0.139. The van der Waals surface area contributed by atoms with Crippen molar-refractivity contribution in [2.75, 3.05) is 0 Å². The number of carboxylic acid groups (broad SMARTS) is 1. The van der Waals surface area contributed by atoms with Gasteiger partial charge in [0.1, 0.15) is 0 Å². The highest BCUT2D eigenvalue weighted by Gasteiger charge is 2.23. The van der Waals surface area contributed by atoms with Crippen LogP contribution >= 0.6 is 0 Å². The maximum atomic E-state index is 11.9. The average Bonchev–Trinajstić information content (AvgIpc) is 2.82. The number of nitrogens with zero attached hydrogens (tertiary/aromatic N) is 2. The molecule has 1 atom stereocenters. The van der Waals surface area contributed by atoms with Crippen LogP contribution in [0.2, 0.25) is 0 Å². The van der Waals surface area contributed by atoms with E-state index < -0.39 is 17.9 Å². The molecule has 2 aromatic rings. The van der Waals surface area contributed by atoms with Crippen LogP contribution in [0, 0.1) is 0 Å². The Kier molecular flexibility index (Phi) is 3.61. The largest absolute Gasteiger partial charge is 0.479 e. The molecule has 0 bridgehead atoms. The van der Waals surface area contributed by atoms with Crippen molar-refractivity contribution in [3.05, 3.63) is 53.9 Å². The number of carbonyl (C=O) groups is 2. The predicted octanol–water partition coefficient (Wildman–Crippen LogP) is 0.976. The number of benzene rings is 1. The summed E-state index contributed by atoms with van der Waals surface area (Å²) in [5.41, 5.74) is 0.844. The van der Waals surface area contributed by atoms with Gasteiger partial charge < -0.3 is 10.4 Å². The van der Waals surface area contributed by atoms with Gasteiger partial charge in [-0.25, -0.2) is 4.79 Å². The summed E-state index contributed by atoms with van der Waals surface area (Å²) in [6.07, 6.45) is 2.98. The minimum absolute atomic E-state index is 0.414. The minimum Gasteiger partial charge on any atom is -0.479 e. The van der Waals surface area contributed by atoms with Crippen molar-refractivity contribution in [2.45, 2.75) is 6.04 Å². The summed E-state index contributed by atoms with van der Waals surface area (Å²) in [7, 11) is 1.68. The van der Waals surface area contributed by atoms with Gasteiger partial charge in [0.15, 0.2) is 6.04 Å². The number of rotatable bonds is 4. The van der Waals surface area contributed by atoms with Crippen LogP contribution in [0.4, 0.5) is 0 Å². The van der Waals surface area contributed by atoms with Crippen molar-refractivity contribution in [1.82, 2.24) is 15.1 Å². The first-order chi connectivity index (χ1) is 9.08. The Morgan fingerprint density at radius 3 is 2.53 bits per heavy atom. The molecule has 1 unspecified atom stereocenters. The second-order valence-corrected chi connectivity index (χ2v) is 4.06. The van der Waals surface area contributed by atoms with Crippen molar-refractivity contribution in [2.24, 2.45) is 7.05 Å². The smallest absolute Gasteiger partial charge is 0.331 e. The number of aromatic nitrogens is 2. The molecule has 1 heterocycles. The first-order valence-electron chi connectivity index (χ1n) is 5.65. The standard InChI is InChI=1S/C13H13N3O3/c1-16-8-10(7-14-16)11(13(18)19)15-12(17)9-5-3-2-4-6-9/h2-8,11H,1H3,(H,15,17)(H,18,19). The van der Waals surface area contributed by atoms with E-state index in [1.165, 1.54) is 10.9 Å². The lowest BCUT2D eigenvalue weighted by Crippen LogP contribution is -2.33. The van der Waals surface area contributed by atoms with Crippen LogP contribution in [0.5, 0.6) is 0 Å². The molecule has 0 spiro atoms. The van der Waals surface area contributed by atoms with Crippen LogP contribution < -0.4 is 5.32 Å². The fourth-order valence-corrected chi connectivity index (χ4v) is 1.68. The zero-order chi connectivity index (χ0) is 13.8. The third-order valence-electron chi connectivity index (χ3n) is 2.62. The summed E-state index contributed by atoms with van der Waals surface area (Å²) in [6.45, 7) is 0. The van der Waals surface area contributed by atoms with E-state index in [4.69, 9.17) is 0 Å². The van der Waals surface area contributed by atoms with Crippen LogP contribution in [0.25, 0.3) is 0 Å². The molecule has 0 aliphatic carbocycles. The van der Waals surface area contributed by atoms with Crippen LogP contribution in [0.1, 0.15) is 22.0 Å². The molecular weight excluding hydrogens is 246 g/mol. The zero-order valence-corrected chi connectivity index (χ0v) is 10.3. The monoisotopic (exact) mass is 259 g/mol. The number of carbonyl (C=O) groups excluding carboxylic acids is 1. The van der Waals surface area contributed by atoms with Crippen LogP contribution in [-0.4, -0.2) is 26.8 Å². The number of nitrogens with one attached hydrogen (secondary N) is 1. The van der Waals surface area contributed by atoms with Gasteiger partial charge in [-0.05, 0) is 12.1 Å². The van der Waals surface area contributed by atoms with E-state index in [1.807, 2.05) is 0 Å². The normalized spacial score (nSPS) is 11.8. The summed E-state index contributed by atoms with van der Waals surface area (Å²) in [5.74, 6) is -1.56. The van der Waals surface area contributed by atoms with E-state index in [0.717, 1.165) is 0 Å². The zero-order valence-electron chi connectivity index (χ0n) is 10.3. The summed E-state index contributed by atoms with van der Waals surface area (Å²) in [5, 5.41) is 15.6. The van der Waals surface area contributed by atoms with Gasteiger partial charge in [0.2, 0.25) is 0 Å². The molecule has 0 aliphatic heterocycles. The minimum atomic E-state index is -1.13. The SMILES string of the molecule is Cn1cc(C(NC(=O)c2ccccc2)C(=O)O)cn1. The van der Waals surface area contributed by atoms with E-state index in [0.29, 0.717) is 11.1 Å². The van der Waals surface area contributed by atoms with Gasteiger partial charge in [-0.2, -0.15) is 5.10 Å². The maximum absolute atomic E-state index is 11.9. The average molecular weight is 259 g/mol. The second kappa shape index (κ2) is 5.34. The first-order valence-corrected chi connectivity index (χ1v) is 5.65. The molecule has 0 saturated carbocycles. The third-order valence-corrected chi connectivity index (χ3v) is 2.62. The highest BCUT2D eigenvalue weighted by Crippen LogP contribution is 2.13. The molecule has 0 fully saturated rings. The van der Waals surface area contributed by atoms with Crippen LogP contribution in [0.3, 0.4) is 0 Å². The summed E-state index contributed by atoms with van der Waals surface area (Å²) in [6, 6.07) is 7.35. The number of aryl methyl sites for hydroxylation is 1. The highest BCUT2D eigenvalue weighted by molar-refractivity contribution is 5.96.